The maximum atomic E-state index is 4.99. The number of hydrogen-bond acceptors (Lipinski definition) is 2. The Labute approximate surface area is 138 Å². The topological polar surface area (TPSA) is 21.1 Å². The number of aromatic nitrogens is 2. The molecule has 0 N–H and O–H groups in total. The highest BCUT2D eigenvalue weighted by atomic mass is 15.4. The first-order valence-electron chi connectivity index (χ1n) is 8.44. The van der Waals surface area contributed by atoms with Gasteiger partial charge in [-0.1, -0.05) is 55.8 Å². The summed E-state index contributed by atoms with van der Waals surface area (Å²) < 4.78 is 2.17. The summed E-state index contributed by atoms with van der Waals surface area (Å²) in [7, 11) is 0. The van der Waals surface area contributed by atoms with Crippen molar-refractivity contribution in [3.63, 3.8) is 0 Å². The van der Waals surface area contributed by atoms with Gasteiger partial charge in [-0.2, -0.15) is 5.10 Å². The molecule has 0 bridgehead atoms. The van der Waals surface area contributed by atoms with Gasteiger partial charge in [0.2, 0.25) is 0 Å². The van der Waals surface area contributed by atoms with Crippen molar-refractivity contribution in [3.8, 4) is 11.3 Å². The van der Waals surface area contributed by atoms with Crippen LogP contribution >= 0.6 is 0 Å². The Kier molecular flexibility index (Phi) is 4.49. The van der Waals surface area contributed by atoms with E-state index in [1.54, 1.807) is 0 Å². The second-order valence-electron chi connectivity index (χ2n) is 6.03. The zero-order valence-corrected chi connectivity index (χ0v) is 14.5. The predicted molar refractivity (Wildman–Crippen MR) is 97.5 cm³/mol. The SMILES string of the molecule is CCN(CC)C(C)n1nc(-c2ccccc2)c2cc(C)ccc21. The molecule has 0 aliphatic carbocycles. The van der Waals surface area contributed by atoms with Crippen molar-refractivity contribution < 1.29 is 0 Å². The molecule has 0 saturated carbocycles. The monoisotopic (exact) mass is 307 g/mol. The Bertz CT molecular complexity index is 785. The Balaban J connectivity index is 2.20. The summed E-state index contributed by atoms with van der Waals surface area (Å²) in [4.78, 5) is 2.42. The van der Waals surface area contributed by atoms with Gasteiger partial charge in [0.1, 0.15) is 11.9 Å². The molecule has 0 spiro atoms. The number of rotatable bonds is 5. The molecule has 3 nitrogen and oxygen atoms in total. The first kappa shape index (κ1) is 15.8. The van der Waals surface area contributed by atoms with Crippen molar-refractivity contribution in [2.75, 3.05) is 13.1 Å². The van der Waals surface area contributed by atoms with Gasteiger partial charge in [-0.25, -0.2) is 4.68 Å². The molecule has 3 rings (SSSR count). The fraction of sp³-hybridized carbons (Fsp3) is 0.350. The molecule has 23 heavy (non-hydrogen) atoms. The fourth-order valence-corrected chi connectivity index (χ4v) is 3.26. The van der Waals surface area contributed by atoms with Gasteiger partial charge < -0.3 is 0 Å². The predicted octanol–water partition coefficient (Wildman–Crippen LogP) is 4.87. The molecule has 3 aromatic rings. The lowest BCUT2D eigenvalue weighted by molar-refractivity contribution is 0.163. The first-order chi connectivity index (χ1) is 11.2. The van der Waals surface area contributed by atoms with E-state index in [0.29, 0.717) is 0 Å². The van der Waals surface area contributed by atoms with E-state index in [2.05, 4.69) is 79.7 Å². The molecule has 0 amide bonds. The quantitative estimate of drug-likeness (QED) is 0.670. The summed E-state index contributed by atoms with van der Waals surface area (Å²) in [6.45, 7) is 10.8. The van der Waals surface area contributed by atoms with E-state index in [0.717, 1.165) is 18.8 Å². The molecule has 0 saturated heterocycles. The second kappa shape index (κ2) is 6.55. The van der Waals surface area contributed by atoms with Gasteiger partial charge in [0.25, 0.3) is 0 Å². The van der Waals surface area contributed by atoms with Crippen molar-refractivity contribution in [1.29, 1.82) is 0 Å². The zero-order chi connectivity index (χ0) is 16.4. The van der Waals surface area contributed by atoms with Gasteiger partial charge in [-0.3, -0.25) is 4.90 Å². The number of hydrogen-bond donors (Lipinski definition) is 0. The Morgan fingerprint density at radius 1 is 1.04 bits per heavy atom. The van der Waals surface area contributed by atoms with Crippen LogP contribution in [0.4, 0.5) is 0 Å². The van der Waals surface area contributed by atoms with Gasteiger partial charge >= 0.3 is 0 Å². The number of benzene rings is 2. The molecule has 1 unspecified atom stereocenters. The van der Waals surface area contributed by atoms with E-state index in [9.17, 15) is 0 Å². The van der Waals surface area contributed by atoms with Gasteiger partial charge in [-0.15, -0.1) is 0 Å². The third-order valence-corrected chi connectivity index (χ3v) is 4.60. The molecule has 1 aromatic heterocycles. The Morgan fingerprint density at radius 2 is 1.74 bits per heavy atom. The molecular formula is C20H25N3. The van der Waals surface area contributed by atoms with Gasteiger partial charge in [0.15, 0.2) is 0 Å². The zero-order valence-electron chi connectivity index (χ0n) is 14.5. The van der Waals surface area contributed by atoms with Crippen molar-refractivity contribution in [2.24, 2.45) is 0 Å². The summed E-state index contributed by atoms with van der Waals surface area (Å²) in [6, 6.07) is 17.1. The molecule has 0 aliphatic heterocycles. The lowest BCUT2D eigenvalue weighted by Crippen LogP contribution is -2.31. The molecule has 120 valence electrons. The van der Waals surface area contributed by atoms with Crippen LogP contribution in [0.25, 0.3) is 22.2 Å². The van der Waals surface area contributed by atoms with E-state index in [4.69, 9.17) is 5.10 Å². The van der Waals surface area contributed by atoms with Crippen molar-refractivity contribution in [2.45, 2.75) is 33.9 Å². The summed E-state index contributed by atoms with van der Waals surface area (Å²) >= 11 is 0. The number of aryl methyl sites for hydroxylation is 1. The standard InChI is InChI=1S/C20H25N3/c1-5-22(6-2)16(4)23-19-13-12-15(3)14-18(19)20(21-23)17-10-8-7-9-11-17/h7-14,16H,5-6H2,1-4H3. The third-order valence-electron chi connectivity index (χ3n) is 4.60. The van der Waals surface area contributed by atoms with Crippen LogP contribution in [0, 0.1) is 6.92 Å². The number of fused-ring (bicyclic) bond motifs is 1. The Hall–Kier alpha value is -2.13. The Morgan fingerprint density at radius 3 is 2.39 bits per heavy atom. The van der Waals surface area contributed by atoms with Crippen LogP contribution < -0.4 is 0 Å². The number of nitrogens with zero attached hydrogens (tertiary/aromatic N) is 3. The first-order valence-corrected chi connectivity index (χ1v) is 8.44. The van der Waals surface area contributed by atoms with Crippen LogP contribution in [0.3, 0.4) is 0 Å². The van der Waals surface area contributed by atoms with E-state index >= 15 is 0 Å². The summed E-state index contributed by atoms with van der Waals surface area (Å²) in [5.74, 6) is 0. The largest absolute Gasteiger partial charge is 0.283 e. The summed E-state index contributed by atoms with van der Waals surface area (Å²) in [5.41, 5.74) is 4.72. The highest BCUT2D eigenvalue weighted by Crippen LogP contribution is 2.31. The van der Waals surface area contributed by atoms with Gasteiger partial charge in [-0.05, 0) is 39.1 Å². The van der Waals surface area contributed by atoms with E-state index in [-0.39, 0.29) is 6.17 Å². The van der Waals surface area contributed by atoms with Crippen molar-refractivity contribution in [1.82, 2.24) is 14.7 Å². The average Bonchev–Trinajstić information content (AvgIpc) is 2.95. The highest BCUT2D eigenvalue weighted by molar-refractivity contribution is 5.93. The van der Waals surface area contributed by atoms with Crippen molar-refractivity contribution >= 4 is 10.9 Å². The minimum Gasteiger partial charge on any atom is -0.283 e. The second-order valence-corrected chi connectivity index (χ2v) is 6.03. The minimum atomic E-state index is 0.243. The molecule has 0 aliphatic rings. The van der Waals surface area contributed by atoms with Crippen LogP contribution in [0.5, 0.6) is 0 Å². The van der Waals surface area contributed by atoms with E-state index in [1.165, 1.54) is 22.0 Å². The van der Waals surface area contributed by atoms with Crippen LogP contribution in [0.15, 0.2) is 48.5 Å². The van der Waals surface area contributed by atoms with E-state index < -0.39 is 0 Å². The van der Waals surface area contributed by atoms with Crippen LogP contribution in [0.1, 0.15) is 32.5 Å². The molecule has 0 radical (unpaired) electrons. The van der Waals surface area contributed by atoms with Crippen molar-refractivity contribution in [3.05, 3.63) is 54.1 Å². The minimum absolute atomic E-state index is 0.243. The molecule has 1 heterocycles. The lowest BCUT2D eigenvalue weighted by Gasteiger charge is -2.27. The highest BCUT2D eigenvalue weighted by Gasteiger charge is 2.19. The summed E-state index contributed by atoms with van der Waals surface area (Å²) in [6.07, 6.45) is 0.243. The van der Waals surface area contributed by atoms with Gasteiger partial charge in [0, 0.05) is 10.9 Å². The molecule has 3 heteroatoms. The molecule has 2 aromatic carbocycles. The maximum absolute atomic E-state index is 4.99. The van der Waals surface area contributed by atoms with Crippen LogP contribution in [0.2, 0.25) is 0 Å². The third kappa shape index (κ3) is 2.89. The van der Waals surface area contributed by atoms with Crippen LogP contribution in [-0.2, 0) is 0 Å². The molecular weight excluding hydrogens is 282 g/mol. The molecule has 1 atom stereocenters. The lowest BCUT2D eigenvalue weighted by atomic mass is 10.1. The average molecular weight is 307 g/mol. The smallest absolute Gasteiger partial charge is 0.102 e. The van der Waals surface area contributed by atoms with E-state index in [1.807, 2.05) is 6.07 Å². The maximum Gasteiger partial charge on any atom is 0.102 e. The van der Waals surface area contributed by atoms with Crippen LogP contribution in [-0.4, -0.2) is 27.8 Å². The fourth-order valence-electron chi connectivity index (χ4n) is 3.26. The normalized spacial score (nSPS) is 12.9. The van der Waals surface area contributed by atoms with Gasteiger partial charge in [0.05, 0.1) is 5.52 Å². The summed E-state index contributed by atoms with van der Waals surface area (Å²) in [5, 5.41) is 6.22. The molecule has 0 fully saturated rings.